The van der Waals surface area contributed by atoms with E-state index in [0.717, 1.165) is 35.0 Å². The maximum absolute atomic E-state index is 13.4. The highest BCUT2D eigenvalue weighted by Gasteiger charge is 2.26. The molecule has 0 N–H and O–H groups in total. The number of benzene rings is 1. The molecule has 34 heavy (non-hydrogen) atoms. The van der Waals surface area contributed by atoms with E-state index in [-0.39, 0.29) is 11.8 Å². The van der Waals surface area contributed by atoms with Gasteiger partial charge in [-0.1, -0.05) is 11.6 Å². The van der Waals surface area contributed by atoms with E-state index in [1.807, 2.05) is 23.1 Å². The zero-order valence-corrected chi connectivity index (χ0v) is 20.7. The van der Waals surface area contributed by atoms with Crippen molar-refractivity contribution in [2.75, 3.05) is 51.8 Å². The minimum Gasteiger partial charge on any atom is -0.491 e. The zero-order chi connectivity index (χ0) is 23.8. The van der Waals surface area contributed by atoms with Gasteiger partial charge in [0.1, 0.15) is 11.4 Å². The normalized spacial score (nSPS) is 15.7. The maximum Gasteiger partial charge on any atom is 0.268 e. The third kappa shape index (κ3) is 4.29. The van der Waals surface area contributed by atoms with Crippen LogP contribution in [0.3, 0.4) is 0 Å². The van der Waals surface area contributed by atoms with E-state index in [1.54, 1.807) is 31.4 Å². The van der Waals surface area contributed by atoms with E-state index >= 15 is 0 Å². The van der Waals surface area contributed by atoms with Gasteiger partial charge in [0, 0.05) is 51.4 Å². The number of ether oxygens (including phenoxy) is 1. The van der Waals surface area contributed by atoms with Crippen molar-refractivity contribution in [3.05, 3.63) is 63.6 Å². The number of amides is 2. The van der Waals surface area contributed by atoms with Crippen LogP contribution in [0.2, 0.25) is 5.02 Å². The molecule has 2 amide bonds. The molecular formula is C25H25ClN4O3S. The summed E-state index contributed by atoms with van der Waals surface area (Å²) in [5.74, 6) is 0.543. The van der Waals surface area contributed by atoms with E-state index < -0.39 is 0 Å². The number of anilines is 1. The van der Waals surface area contributed by atoms with Crippen LogP contribution in [0, 0.1) is 0 Å². The molecule has 0 bridgehead atoms. The lowest BCUT2D eigenvalue weighted by molar-refractivity contribution is 0.0664. The van der Waals surface area contributed by atoms with Crippen molar-refractivity contribution in [1.82, 2.24) is 14.8 Å². The first-order valence-electron chi connectivity index (χ1n) is 11.2. The largest absolute Gasteiger partial charge is 0.491 e. The first-order valence-corrected chi connectivity index (χ1v) is 12.4. The minimum atomic E-state index is -0.156. The van der Waals surface area contributed by atoms with Crippen molar-refractivity contribution >= 4 is 40.4 Å². The Bertz CT molecular complexity index is 1250. The summed E-state index contributed by atoms with van der Waals surface area (Å²) in [5.41, 5.74) is 2.92. The van der Waals surface area contributed by atoms with Crippen LogP contribution in [0.4, 0.5) is 5.69 Å². The number of thiophene rings is 1. The van der Waals surface area contributed by atoms with Crippen molar-refractivity contribution in [3.63, 3.8) is 0 Å². The van der Waals surface area contributed by atoms with Gasteiger partial charge in [-0.15, -0.1) is 11.3 Å². The summed E-state index contributed by atoms with van der Waals surface area (Å²) in [6.45, 7) is 3.64. The Balaban J connectivity index is 1.37. The van der Waals surface area contributed by atoms with E-state index in [1.165, 1.54) is 16.2 Å². The second kappa shape index (κ2) is 9.37. The van der Waals surface area contributed by atoms with Crippen molar-refractivity contribution < 1.29 is 14.3 Å². The standard InChI is InChI=1S/C25H25ClN4O3S/c1-28-9-11-30(12-10-28)24(31)17-5-6-19(18(26)14-17)29(2)25(32)21-15-16-7-13-33-20-4-3-8-27-22(20)23(16)34-21/h3-6,8,14-15H,7,9-13H2,1-2H3. The molecule has 7 nitrogen and oxygen atoms in total. The van der Waals surface area contributed by atoms with Crippen LogP contribution < -0.4 is 9.64 Å². The maximum atomic E-state index is 13.4. The molecule has 0 radical (unpaired) electrons. The summed E-state index contributed by atoms with van der Waals surface area (Å²) in [4.78, 5) is 37.9. The van der Waals surface area contributed by atoms with Gasteiger partial charge in [0.05, 0.1) is 27.1 Å². The molecule has 176 valence electrons. The molecule has 0 unspecified atom stereocenters. The Morgan fingerprint density at radius 2 is 1.94 bits per heavy atom. The van der Waals surface area contributed by atoms with Gasteiger partial charge < -0.3 is 19.4 Å². The van der Waals surface area contributed by atoms with Crippen molar-refractivity contribution in [3.8, 4) is 16.3 Å². The minimum absolute atomic E-state index is 0.0362. The van der Waals surface area contributed by atoms with Gasteiger partial charge in [0.25, 0.3) is 11.8 Å². The number of halogens is 1. The van der Waals surface area contributed by atoms with Gasteiger partial charge >= 0.3 is 0 Å². The fourth-order valence-electron chi connectivity index (χ4n) is 4.25. The van der Waals surface area contributed by atoms with E-state index in [2.05, 4.69) is 16.9 Å². The van der Waals surface area contributed by atoms with Gasteiger partial charge in [0.15, 0.2) is 0 Å². The number of likely N-dealkylation sites (N-methyl/N-ethyl adjacent to an activating group) is 1. The predicted octanol–water partition coefficient (Wildman–Crippen LogP) is 4.06. The summed E-state index contributed by atoms with van der Waals surface area (Å²) >= 11 is 7.97. The number of rotatable bonds is 3. The van der Waals surface area contributed by atoms with Gasteiger partial charge in [-0.05, 0) is 49.0 Å². The molecular weight excluding hydrogens is 472 g/mol. The monoisotopic (exact) mass is 496 g/mol. The highest BCUT2D eigenvalue weighted by molar-refractivity contribution is 7.17. The van der Waals surface area contributed by atoms with Crippen molar-refractivity contribution in [1.29, 1.82) is 0 Å². The molecule has 0 spiro atoms. The Labute approximate surface area is 207 Å². The van der Waals surface area contributed by atoms with Gasteiger partial charge in [-0.2, -0.15) is 0 Å². The van der Waals surface area contributed by atoms with Crippen LogP contribution in [0.25, 0.3) is 10.6 Å². The lowest BCUT2D eigenvalue weighted by atomic mass is 10.1. The Hall–Kier alpha value is -2.94. The fraction of sp³-hybridized carbons (Fsp3) is 0.320. The highest BCUT2D eigenvalue weighted by atomic mass is 35.5. The first kappa shape index (κ1) is 22.8. The van der Waals surface area contributed by atoms with E-state index in [4.69, 9.17) is 16.3 Å². The molecule has 9 heteroatoms. The molecule has 1 fully saturated rings. The number of carbonyl (C=O) groups excluding carboxylic acids is 2. The molecule has 0 saturated carbocycles. The van der Waals surface area contributed by atoms with E-state index in [9.17, 15) is 9.59 Å². The number of carbonyl (C=O) groups is 2. The zero-order valence-electron chi connectivity index (χ0n) is 19.1. The third-order valence-corrected chi connectivity index (χ3v) is 7.76. The first-order chi connectivity index (χ1) is 16.4. The molecule has 3 aromatic rings. The number of nitrogens with zero attached hydrogens (tertiary/aromatic N) is 4. The second-order valence-corrected chi connectivity index (χ2v) is 10.00. The third-order valence-electron chi connectivity index (χ3n) is 6.29. The number of fused-ring (bicyclic) bond motifs is 3. The molecule has 1 aromatic carbocycles. The predicted molar refractivity (Wildman–Crippen MR) is 134 cm³/mol. The lowest BCUT2D eigenvalue weighted by Crippen LogP contribution is -2.47. The Morgan fingerprint density at radius 3 is 2.71 bits per heavy atom. The molecule has 4 heterocycles. The van der Waals surface area contributed by atoms with Gasteiger partial charge in [0.2, 0.25) is 0 Å². The van der Waals surface area contributed by atoms with Gasteiger partial charge in [-0.25, -0.2) is 0 Å². The second-order valence-electron chi connectivity index (χ2n) is 8.54. The van der Waals surface area contributed by atoms with Crippen LogP contribution in [0.5, 0.6) is 5.75 Å². The summed E-state index contributed by atoms with van der Waals surface area (Å²) < 4.78 is 5.80. The SMILES string of the molecule is CN1CCN(C(=O)c2ccc(N(C)C(=O)c3cc4c(s3)-c3ncccc3OCC4)c(Cl)c2)CC1. The number of hydrogen-bond acceptors (Lipinski definition) is 6. The molecule has 1 saturated heterocycles. The average Bonchev–Trinajstić information content (AvgIpc) is 3.19. The van der Waals surface area contributed by atoms with Crippen LogP contribution in [0.1, 0.15) is 25.6 Å². The van der Waals surface area contributed by atoms with Crippen molar-refractivity contribution in [2.45, 2.75) is 6.42 Å². The number of pyridine rings is 1. The van der Waals surface area contributed by atoms with Crippen LogP contribution in [-0.2, 0) is 6.42 Å². The average molecular weight is 497 g/mol. The molecule has 0 aliphatic carbocycles. The quantitative estimate of drug-likeness (QED) is 0.547. The molecule has 5 rings (SSSR count). The summed E-state index contributed by atoms with van der Waals surface area (Å²) in [6.07, 6.45) is 2.44. The van der Waals surface area contributed by atoms with Crippen LogP contribution >= 0.6 is 22.9 Å². The topological polar surface area (TPSA) is 66.0 Å². The van der Waals surface area contributed by atoms with Crippen LogP contribution in [0.15, 0.2) is 42.6 Å². The molecule has 2 aliphatic rings. The fourth-order valence-corrected chi connectivity index (χ4v) is 5.74. The molecule has 2 aliphatic heterocycles. The number of aromatic nitrogens is 1. The molecule has 0 atom stereocenters. The number of hydrogen-bond donors (Lipinski definition) is 0. The van der Waals surface area contributed by atoms with E-state index in [0.29, 0.717) is 47.3 Å². The Kier molecular flexibility index (Phi) is 6.29. The van der Waals surface area contributed by atoms with Crippen molar-refractivity contribution in [2.24, 2.45) is 0 Å². The number of piperazine rings is 1. The summed E-state index contributed by atoms with van der Waals surface area (Å²) in [7, 11) is 3.75. The molecule has 2 aromatic heterocycles. The summed E-state index contributed by atoms with van der Waals surface area (Å²) in [6, 6.07) is 10.8. The van der Waals surface area contributed by atoms with Crippen LogP contribution in [-0.4, -0.2) is 73.5 Å². The Morgan fingerprint density at radius 1 is 1.15 bits per heavy atom. The summed E-state index contributed by atoms with van der Waals surface area (Å²) in [5, 5.41) is 0.370. The van der Waals surface area contributed by atoms with Gasteiger partial charge in [-0.3, -0.25) is 14.6 Å². The highest BCUT2D eigenvalue weighted by Crippen LogP contribution is 2.40. The lowest BCUT2D eigenvalue weighted by Gasteiger charge is -2.32. The smallest absolute Gasteiger partial charge is 0.268 e.